The zero-order valence-corrected chi connectivity index (χ0v) is 11.4. The highest BCUT2D eigenvalue weighted by Gasteiger charge is 2.37. The van der Waals surface area contributed by atoms with Crippen LogP contribution >= 0.6 is 0 Å². The van der Waals surface area contributed by atoms with E-state index in [9.17, 15) is 0 Å². The molecule has 2 fully saturated rings. The zero-order valence-electron chi connectivity index (χ0n) is 11.4. The van der Waals surface area contributed by atoms with Crippen LogP contribution in [0.3, 0.4) is 0 Å². The summed E-state index contributed by atoms with van der Waals surface area (Å²) in [5, 5.41) is 3.72. The monoisotopic (exact) mass is 224 g/mol. The molecule has 4 unspecified atom stereocenters. The van der Waals surface area contributed by atoms with Gasteiger partial charge in [0.25, 0.3) is 0 Å². The van der Waals surface area contributed by atoms with Gasteiger partial charge < -0.3 is 5.32 Å². The Bertz CT molecular complexity index is 225. The van der Waals surface area contributed by atoms with Crippen LogP contribution in [-0.4, -0.2) is 36.1 Å². The summed E-state index contributed by atoms with van der Waals surface area (Å²) in [6.45, 7) is 11.9. The third kappa shape index (κ3) is 2.60. The molecule has 0 aromatic carbocycles. The predicted molar refractivity (Wildman–Crippen MR) is 69.6 cm³/mol. The topological polar surface area (TPSA) is 15.3 Å². The average Bonchev–Trinajstić information content (AvgIpc) is 3.11. The summed E-state index contributed by atoms with van der Waals surface area (Å²) < 4.78 is 0. The first-order valence-electron chi connectivity index (χ1n) is 7.12. The van der Waals surface area contributed by atoms with Crippen molar-refractivity contribution in [1.82, 2.24) is 10.2 Å². The van der Waals surface area contributed by atoms with E-state index >= 15 is 0 Å². The minimum atomic E-state index is 0.711. The lowest BCUT2D eigenvalue weighted by Crippen LogP contribution is -2.60. The standard InChI is InChI=1S/C14H28N2/c1-5-10(2)14-9-16(11(3)8-15-14)12(4)13-6-7-13/h10-15H,5-9H2,1-4H3. The first-order valence-corrected chi connectivity index (χ1v) is 7.12. The maximum Gasteiger partial charge on any atom is 0.0221 e. The van der Waals surface area contributed by atoms with Gasteiger partial charge >= 0.3 is 0 Å². The van der Waals surface area contributed by atoms with Crippen LogP contribution in [-0.2, 0) is 0 Å². The molecule has 1 aliphatic heterocycles. The van der Waals surface area contributed by atoms with Crippen molar-refractivity contribution >= 4 is 0 Å². The third-order valence-corrected chi connectivity index (χ3v) is 4.81. The normalized spacial score (nSPS) is 36.0. The van der Waals surface area contributed by atoms with Gasteiger partial charge in [-0.15, -0.1) is 0 Å². The fourth-order valence-electron chi connectivity index (χ4n) is 2.99. The molecule has 0 radical (unpaired) electrons. The maximum atomic E-state index is 3.72. The number of nitrogens with one attached hydrogen (secondary N) is 1. The van der Waals surface area contributed by atoms with Crippen LogP contribution in [0.1, 0.15) is 47.0 Å². The fourth-order valence-corrected chi connectivity index (χ4v) is 2.99. The molecule has 1 heterocycles. The molecule has 1 saturated heterocycles. The lowest BCUT2D eigenvalue weighted by Gasteiger charge is -2.44. The van der Waals surface area contributed by atoms with Crippen molar-refractivity contribution in [2.75, 3.05) is 13.1 Å². The lowest BCUT2D eigenvalue weighted by molar-refractivity contribution is 0.0728. The van der Waals surface area contributed by atoms with Crippen LogP contribution in [0.15, 0.2) is 0 Å². The number of hydrogen-bond acceptors (Lipinski definition) is 2. The molecule has 0 aromatic rings. The van der Waals surface area contributed by atoms with Crippen LogP contribution in [0.5, 0.6) is 0 Å². The van der Waals surface area contributed by atoms with E-state index in [4.69, 9.17) is 0 Å². The van der Waals surface area contributed by atoms with Crippen molar-refractivity contribution in [2.24, 2.45) is 11.8 Å². The predicted octanol–water partition coefficient (Wildman–Crippen LogP) is 2.49. The molecule has 1 saturated carbocycles. The van der Waals surface area contributed by atoms with Gasteiger partial charge in [0.2, 0.25) is 0 Å². The van der Waals surface area contributed by atoms with Gasteiger partial charge in [-0.05, 0) is 38.5 Å². The van der Waals surface area contributed by atoms with Gasteiger partial charge in [0.1, 0.15) is 0 Å². The third-order valence-electron chi connectivity index (χ3n) is 4.81. The molecule has 94 valence electrons. The first kappa shape index (κ1) is 12.4. The molecule has 2 nitrogen and oxygen atoms in total. The van der Waals surface area contributed by atoms with E-state index in [1.807, 2.05) is 0 Å². The van der Waals surface area contributed by atoms with Crippen molar-refractivity contribution in [3.8, 4) is 0 Å². The number of nitrogens with zero attached hydrogens (tertiary/aromatic N) is 1. The van der Waals surface area contributed by atoms with E-state index in [0.29, 0.717) is 6.04 Å². The van der Waals surface area contributed by atoms with E-state index in [1.165, 1.54) is 32.4 Å². The number of rotatable bonds is 4. The summed E-state index contributed by atoms with van der Waals surface area (Å²) in [4.78, 5) is 2.75. The Hall–Kier alpha value is -0.0800. The molecule has 4 atom stereocenters. The van der Waals surface area contributed by atoms with E-state index < -0.39 is 0 Å². The second kappa shape index (κ2) is 5.05. The van der Waals surface area contributed by atoms with Crippen LogP contribution in [0.25, 0.3) is 0 Å². The van der Waals surface area contributed by atoms with Gasteiger partial charge in [-0.2, -0.15) is 0 Å². The molecular formula is C14H28N2. The molecule has 0 amide bonds. The van der Waals surface area contributed by atoms with Crippen LogP contribution in [0, 0.1) is 11.8 Å². The van der Waals surface area contributed by atoms with Gasteiger partial charge in [0.15, 0.2) is 0 Å². The SMILES string of the molecule is CCC(C)C1CN(C(C)C2CC2)C(C)CN1. The molecule has 1 aliphatic carbocycles. The Labute approximate surface area is 101 Å². The van der Waals surface area contributed by atoms with Crippen molar-refractivity contribution in [2.45, 2.75) is 65.1 Å². The minimum Gasteiger partial charge on any atom is -0.311 e. The molecule has 2 aliphatic rings. The highest BCUT2D eigenvalue weighted by atomic mass is 15.3. The maximum absolute atomic E-state index is 3.72. The lowest BCUT2D eigenvalue weighted by atomic mass is 9.94. The van der Waals surface area contributed by atoms with Gasteiger partial charge in [0, 0.05) is 31.2 Å². The Morgan fingerprint density at radius 2 is 2.00 bits per heavy atom. The number of hydrogen-bond donors (Lipinski definition) is 1. The van der Waals surface area contributed by atoms with Crippen LogP contribution in [0.2, 0.25) is 0 Å². The van der Waals surface area contributed by atoms with Crippen molar-refractivity contribution in [1.29, 1.82) is 0 Å². The largest absolute Gasteiger partial charge is 0.311 e. The quantitative estimate of drug-likeness (QED) is 0.789. The summed E-state index contributed by atoms with van der Waals surface area (Å²) in [5.41, 5.74) is 0. The van der Waals surface area contributed by atoms with Gasteiger partial charge in [-0.1, -0.05) is 20.3 Å². The molecule has 16 heavy (non-hydrogen) atoms. The van der Waals surface area contributed by atoms with Gasteiger partial charge in [-0.25, -0.2) is 0 Å². The van der Waals surface area contributed by atoms with Crippen molar-refractivity contribution in [3.05, 3.63) is 0 Å². The summed E-state index contributed by atoms with van der Waals surface area (Å²) in [5.74, 6) is 1.81. The molecule has 1 N–H and O–H groups in total. The number of piperazine rings is 1. The summed E-state index contributed by atoms with van der Waals surface area (Å²) in [6, 6.07) is 2.24. The average molecular weight is 224 g/mol. The van der Waals surface area contributed by atoms with E-state index in [1.54, 1.807) is 0 Å². The summed E-state index contributed by atoms with van der Waals surface area (Å²) >= 11 is 0. The highest BCUT2D eigenvalue weighted by molar-refractivity contribution is 4.93. The van der Waals surface area contributed by atoms with Crippen LogP contribution in [0.4, 0.5) is 0 Å². The minimum absolute atomic E-state index is 0.711. The molecule has 0 aromatic heterocycles. The zero-order chi connectivity index (χ0) is 11.7. The Morgan fingerprint density at radius 3 is 2.56 bits per heavy atom. The Morgan fingerprint density at radius 1 is 1.31 bits per heavy atom. The highest BCUT2D eigenvalue weighted by Crippen LogP contribution is 2.36. The second-order valence-electron chi connectivity index (χ2n) is 6.02. The molecule has 0 bridgehead atoms. The first-order chi connectivity index (χ1) is 7.63. The summed E-state index contributed by atoms with van der Waals surface area (Å²) in [6.07, 6.45) is 4.22. The molecule has 2 rings (SSSR count). The van der Waals surface area contributed by atoms with E-state index in [-0.39, 0.29) is 0 Å². The smallest absolute Gasteiger partial charge is 0.0221 e. The van der Waals surface area contributed by atoms with Crippen molar-refractivity contribution < 1.29 is 0 Å². The van der Waals surface area contributed by atoms with E-state index in [0.717, 1.165) is 23.9 Å². The van der Waals surface area contributed by atoms with E-state index in [2.05, 4.69) is 37.9 Å². The molecular weight excluding hydrogens is 196 g/mol. The Kier molecular flexibility index (Phi) is 3.91. The molecule has 0 spiro atoms. The van der Waals surface area contributed by atoms with Gasteiger partial charge in [-0.3, -0.25) is 4.90 Å². The Balaban J connectivity index is 1.94. The van der Waals surface area contributed by atoms with Crippen molar-refractivity contribution in [3.63, 3.8) is 0 Å². The fraction of sp³-hybridized carbons (Fsp3) is 1.00. The van der Waals surface area contributed by atoms with Crippen LogP contribution < -0.4 is 5.32 Å². The van der Waals surface area contributed by atoms with Gasteiger partial charge in [0.05, 0.1) is 0 Å². The molecule has 2 heteroatoms. The summed E-state index contributed by atoms with van der Waals surface area (Å²) in [7, 11) is 0. The second-order valence-corrected chi connectivity index (χ2v) is 6.02.